The van der Waals surface area contributed by atoms with Crippen LogP contribution in [0.5, 0.6) is 0 Å². The quantitative estimate of drug-likeness (QED) is 0.514. The van der Waals surface area contributed by atoms with Crippen LogP contribution in [0, 0.1) is 0 Å². The highest BCUT2D eigenvalue weighted by Crippen LogP contribution is 2.24. The third-order valence-electron chi connectivity index (χ3n) is 4.60. The number of aromatic nitrogens is 3. The van der Waals surface area contributed by atoms with Crippen LogP contribution in [0.15, 0.2) is 71.8 Å². The molecule has 2 aromatic carbocycles. The van der Waals surface area contributed by atoms with Crippen molar-refractivity contribution in [1.82, 2.24) is 14.3 Å². The van der Waals surface area contributed by atoms with Crippen molar-refractivity contribution in [2.45, 2.75) is 6.54 Å². The predicted octanol–water partition coefficient (Wildman–Crippen LogP) is 3.69. The van der Waals surface area contributed by atoms with Crippen LogP contribution in [0.1, 0.15) is 10.4 Å². The zero-order chi connectivity index (χ0) is 21.1. The number of benzene rings is 2. The van der Waals surface area contributed by atoms with E-state index >= 15 is 0 Å². The molecule has 152 valence electrons. The summed E-state index contributed by atoms with van der Waals surface area (Å²) < 4.78 is 8.20. The lowest BCUT2D eigenvalue weighted by Gasteiger charge is -2.12. The fraction of sp³-hybridized carbons (Fsp3) is 0.136. The monoisotopic (exact) mass is 422 g/mol. The highest BCUT2D eigenvalue weighted by atomic mass is 35.5. The number of carbonyl (C=O) groups is 1. The van der Waals surface area contributed by atoms with Gasteiger partial charge >= 0.3 is 0 Å². The fourth-order valence-electron chi connectivity index (χ4n) is 3.16. The highest BCUT2D eigenvalue weighted by Gasteiger charge is 2.24. The molecule has 2 aliphatic heterocycles. The minimum atomic E-state index is -0.383. The van der Waals surface area contributed by atoms with E-state index in [1.807, 2.05) is 18.2 Å². The Labute approximate surface area is 177 Å². The van der Waals surface area contributed by atoms with E-state index in [9.17, 15) is 9.59 Å². The summed E-state index contributed by atoms with van der Waals surface area (Å²) in [6.07, 6.45) is 3.36. The van der Waals surface area contributed by atoms with Crippen LogP contribution >= 0.6 is 11.6 Å². The first-order chi connectivity index (χ1) is 14.6. The van der Waals surface area contributed by atoms with Gasteiger partial charge in [-0.15, -0.1) is 0 Å². The summed E-state index contributed by atoms with van der Waals surface area (Å²) in [5.41, 5.74) is 1.86. The van der Waals surface area contributed by atoms with E-state index in [0.29, 0.717) is 40.8 Å². The molecule has 0 radical (unpaired) electrons. The van der Waals surface area contributed by atoms with Crippen molar-refractivity contribution in [3.63, 3.8) is 0 Å². The first kappa shape index (κ1) is 19.9. The molecule has 1 amide bonds. The SMILES string of the molecule is COCCn1cc(C(=O)Nc2cccc(Cl)c2)c2nn(-c3ccccc3)c(=O)c-2c1. The Morgan fingerprint density at radius 2 is 1.93 bits per heavy atom. The Morgan fingerprint density at radius 3 is 2.67 bits per heavy atom. The molecule has 0 unspecified atom stereocenters. The molecule has 0 aromatic heterocycles. The summed E-state index contributed by atoms with van der Waals surface area (Å²) in [5.74, 6) is -0.383. The molecule has 0 aliphatic carbocycles. The summed E-state index contributed by atoms with van der Waals surface area (Å²) in [6, 6.07) is 16.0. The van der Waals surface area contributed by atoms with E-state index in [2.05, 4.69) is 10.4 Å². The number of methoxy groups -OCH3 is 1. The standard InChI is InChI=1S/C22H19ClN4O3/c1-30-11-10-26-13-18(21(28)24-16-7-5-6-15(23)12-16)20-19(14-26)22(29)27(25-20)17-8-3-2-4-9-17/h2-9,12-14H,10-11H2,1H3,(H,24,28). The Balaban J connectivity index is 1.82. The van der Waals surface area contributed by atoms with E-state index < -0.39 is 0 Å². The molecule has 1 N–H and O–H groups in total. The van der Waals surface area contributed by atoms with Gasteiger partial charge in [0.05, 0.1) is 23.4 Å². The van der Waals surface area contributed by atoms with Crippen molar-refractivity contribution >= 4 is 23.2 Å². The molecule has 0 saturated heterocycles. The van der Waals surface area contributed by atoms with E-state index in [4.69, 9.17) is 16.3 Å². The number of hydrogen-bond acceptors (Lipinski definition) is 4. The van der Waals surface area contributed by atoms with Gasteiger partial charge in [-0.3, -0.25) is 9.59 Å². The lowest BCUT2D eigenvalue weighted by Crippen LogP contribution is -2.18. The number of fused-ring (bicyclic) bond motifs is 1. The largest absolute Gasteiger partial charge is 0.383 e. The van der Waals surface area contributed by atoms with Crippen LogP contribution in [-0.2, 0) is 11.3 Å². The number of nitrogens with zero attached hydrogens (tertiary/aromatic N) is 3. The molecule has 0 atom stereocenters. The van der Waals surface area contributed by atoms with Gasteiger partial charge in [0.25, 0.3) is 11.5 Å². The molecule has 0 saturated carbocycles. The van der Waals surface area contributed by atoms with Gasteiger partial charge in [-0.1, -0.05) is 35.9 Å². The zero-order valence-electron chi connectivity index (χ0n) is 16.2. The molecular weight excluding hydrogens is 404 g/mol. The number of ether oxygens (including phenoxy) is 1. The Bertz CT molecular complexity index is 1220. The van der Waals surface area contributed by atoms with Gasteiger partial charge in [0, 0.05) is 36.8 Å². The smallest absolute Gasteiger partial charge is 0.282 e. The van der Waals surface area contributed by atoms with Crippen LogP contribution in [0.25, 0.3) is 16.9 Å². The summed E-state index contributed by atoms with van der Waals surface area (Å²) in [5, 5.41) is 7.79. The third-order valence-corrected chi connectivity index (χ3v) is 4.84. The second-order valence-electron chi connectivity index (χ2n) is 6.68. The molecule has 7 nitrogen and oxygen atoms in total. The maximum absolute atomic E-state index is 13.1. The number of hydrogen-bond donors (Lipinski definition) is 1. The van der Waals surface area contributed by atoms with Crippen molar-refractivity contribution < 1.29 is 9.53 Å². The minimum Gasteiger partial charge on any atom is -0.383 e. The number of halogens is 1. The topological polar surface area (TPSA) is 78.2 Å². The van der Waals surface area contributed by atoms with Gasteiger partial charge in [-0.2, -0.15) is 9.78 Å². The maximum atomic E-state index is 13.1. The number of anilines is 1. The summed E-state index contributed by atoms with van der Waals surface area (Å²) in [4.78, 5) is 26.1. The Hall–Kier alpha value is -3.42. The number of pyridine rings is 1. The van der Waals surface area contributed by atoms with Crippen LogP contribution < -0.4 is 10.9 Å². The molecular formula is C22H19ClN4O3. The second kappa shape index (κ2) is 8.52. The Kier molecular flexibility index (Phi) is 5.65. The number of nitrogens with one attached hydrogen (secondary N) is 1. The van der Waals surface area contributed by atoms with Crippen LogP contribution in [-0.4, -0.2) is 34.0 Å². The molecule has 2 heterocycles. The van der Waals surface area contributed by atoms with E-state index in [1.165, 1.54) is 4.68 Å². The normalized spacial score (nSPS) is 11.0. The average Bonchev–Trinajstić information content (AvgIpc) is 3.09. The molecule has 0 bridgehead atoms. The molecule has 4 rings (SSSR count). The molecule has 2 aromatic rings. The molecule has 2 aliphatic rings. The number of para-hydroxylation sites is 1. The Morgan fingerprint density at radius 1 is 1.13 bits per heavy atom. The second-order valence-corrected chi connectivity index (χ2v) is 7.12. The molecule has 8 heteroatoms. The lowest BCUT2D eigenvalue weighted by atomic mass is 10.1. The molecule has 0 fully saturated rings. The van der Waals surface area contributed by atoms with Crippen molar-refractivity contribution in [3.8, 4) is 16.9 Å². The average molecular weight is 423 g/mol. The minimum absolute atomic E-state index is 0.287. The lowest BCUT2D eigenvalue weighted by molar-refractivity contribution is 0.102. The highest BCUT2D eigenvalue weighted by molar-refractivity contribution is 6.31. The van der Waals surface area contributed by atoms with Gasteiger partial charge in [0.1, 0.15) is 5.69 Å². The van der Waals surface area contributed by atoms with Gasteiger partial charge < -0.3 is 14.6 Å². The van der Waals surface area contributed by atoms with Crippen molar-refractivity contribution in [1.29, 1.82) is 0 Å². The third kappa shape index (κ3) is 3.98. The first-order valence-electron chi connectivity index (χ1n) is 9.31. The summed E-state index contributed by atoms with van der Waals surface area (Å²) >= 11 is 6.02. The van der Waals surface area contributed by atoms with Gasteiger partial charge in [0.2, 0.25) is 0 Å². The number of amides is 1. The van der Waals surface area contributed by atoms with Gasteiger partial charge in [0.15, 0.2) is 0 Å². The van der Waals surface area contributed by atoms with Crippen molar-refractivity contribution in [2.24, 2.45) is 0 Å². The zero-order valence-corrected chi connectivity index (χ0v) is 17.0. The fourth-order valence-corrected chi connectivity index (χ4v) is 3.35. The van der Waals surface area contributed by atoms with Crippen molar-refractivity contribution in [3.05, 3.63) is 87.9 Å². The maximum Gasteiger partial charge on any atom is 0.282 e. The van der Waals surface area contributed by atoms with Crippen LogP contribution in [0.2, 0.25) is 5.02 Å². The van der Waals surface area contributed by atoms with E-state index in [1.54, 1.807) is 60.5 Å². The van der Waals surface area contributed by atoms with Crippen LogP contribution in [0.4, 0.5) is 5.69 Å². The van der Waals surface area contributed by atoms with Crippen LogP contribution in [0.3, 0.4) is 0 Å². The van der Waals surface area contributed by atoms with E-state index in [-0.39, 0.29) is 17.0 Å². The predicted molar refractivity (Wildman–Crippen MR) is 116 cm³/mol. The van der Waals surface area contributed by atoms with Gasteiger partial charge in [-0.25, -0.2) is 0 Å². The molecule has 30 heavy (non-hydrogen) atoms. The van der Waals surface area contributed by atoms with Crippen molar-refractivity contribution in [2.75, 3.05) is 19.0 Å². The van der Waals surface area contributed by atoms with E-state index in [0.717, 1.165) is 0 Å². The number of rotatable bonds is 6. The van der Waals surface area contributed by atoms with Gasteiger partial charge in [-0.05, 0) is 30.3 Å². The summed E-state index contributed by atoms with van der Waals surface area (Å²) in [6.45, 7) is 0.923. The number of carbonyl (C=O) groups excluding carboxylic acids is 1. The summed E-state index contributed by atoms with van der Waals surface area (Å²) in [7, 11) is 1.60. The molecule has 0 spiro atoms. The first-order valence-corrected chi connectivity index (χ1v) is 9.68.